The van der Waals surface area contributed by atoms with E-state index in [4.69, 9.17) is 4.74 Å². The molecule has 0 saturated heterocycles. The number of ether oxygens (including phenoxy) is 2. The molecule has 2 nitrogen and oxygen atoms in total. The number of benzene rings is 3. The molecule has 36 heavy (non-hydrogen) atoms. The molecule has 0 heterocycles. The van der Waals surface area contributed by atoms with E-state index in [1.165, 1.54) is 55.7 Å². The largest absolute Gasteiger partial charge is 0.573 e. The Morgan fingerprint density at radius 3 is 2.14 bits per heavy atom. The third-order valence-electron chi connectivity index (χ3n) is 7.00. The normalized spacial score (nSPS) is 18.2. The number of hydrogen-bond donors (Lipinski definition) is 0. The summed E-state index contributed by atoms with van der Waals surface area (Å²) < 4.78 is 77.1. The average Bonchev–Trinajstić information content (AvgIpc) is 2.86. The number of para-hydroxylation sites is 1. The fourth-order valence-electron chi connectivity index (χ4n) is 4.91. The van der Waals surface area contributed by atoms with E-state index >= 15 is 4.39 Å². The molecule has 0 N–H and O–H groups in total. The highest BCUT2D eigenvalue weighted by Crippen LogP contribution is 2.38. The van der Waals surface area contributed by atoms with Gasteiger partial charge in [-0.05, 0) is 60.6 Å². The molecule has 1 fully saturated rings. The van der Waals surface area contributed by atoms with Gasteiger partial charge in [-0.15, -0.1) is 13.2 Å². The Hall–Kier alpha value is -3.09. The van der Waals surface area contributed by atoms with Crippen molar-refractivity contribution in [3.63, 3.8) is 0 Å². The maximum absolute atomic E-state index is 15.3. The van der Waals surface area contributed by atoms with Crippen LogP contribution in [0.25, 0.3) is 11.1 Å². The lowest BCUT2D eigenvalue weighted by Crippen LogP contribution is -2.16. The summed E-state index contributed by atoms with van der Waals surface area (Å²) in [5.41, 5.74) is 1.14. The molecule has 0 spiro atoms. The molecule has 3 aromatic rings. The summed E-state index contributed by atoms with van der Waals surface area (Å²) in [6.07, 6.45) is 1.98. The first kappa shape index (κ1) is 26.0. The van der Waals surface area contributed by atoms with Gasteiger partial charge in [-0.25, -0.2) is 8.78 Å². The van der Waals surface area contributed by atoms with E-state index in [1.54, 1.807) is 24.3 Å². The maximum atomic E-state index is 15.3. The van der Waals surface area contributed by atoms with Crippen LogP contribution in [0.4, 0.5) is 22.0 Å². The van der Waals surface area contributed by atoms with E-state index in [0.717, 1.165) is 25.2 Å². The Labute approximate surface area is 208 Å². The van der Waals surface area contributed by atoms with E-state index in [2.05, 4.69) is 11.7 Å². The topological polar surface area (TPSA) is 18.5 Å². The zero-order chi connectivity index (χ0) is 25.7. The first-order valence-electron chi connectivity index (χ1n) is 12.3. The van der Waals surface area contributed by atoms with Crippen molar-refractivity contribution in [1.29, 1.82) is 0 Å². The lowest BCUT2D eigenvalue weighted by Gasteiger charge is -2.27. The monoisotopic (exact) mass is 504 g/mol. The lowest BCUT2D eigenvalue weighted by molar-refractivity contribution is -0.274. The Balaban J connectivity index is 1.50. The molecule has 0 radical (unpaired) electrons. The summed E-state index contributed by atoms with van der Waals surface area (Å²) in [6, 6.07) is 14.6. The third-order valence-corrected chi connectivity index (χ3v) is 7.00. The zero-order valence-corrected chi connectivity index (χ0v) is 20.1. The molecule has 192 valence electrons. The smallest absolute Gasteiger partial charge is 0.454 e. The van der Waals surface area contributed by atoms with Gasteiger partial charge in [-0.1, -0.05) is 69.4 Å². The first-order chi connectivity index (χ1) is 17.2. The highest BCUT2D eigenvalue weighted by Gasteiger charge is 2.31. The first-order valence-corrected chi connectivity index (χ1v) is 12.3. The van der Waals surface area contributed by atoms with E-state index < -0.39 is 18.0 Å². The van der Waals surface area contributed by atoms with Crippen LogP contribution in [-0.4, -0.2) is 6.36 Å². The summed E-state index contributed by atoms with van der Waals surface area (Å²) >= 11 is 0. The molecule has 3 aromatic carbocycles. The molecular weight excluding hydrogens is 475 g/mol. The van der Waals surface area contributed by atoms with Crippen LogP contribution < -0.4 is 9.47 Å². The van der Waals surface area contributed by atoms with Crippen molar-refractivity contribution in [2.75, 3.05) is 0 Å². The number of alkyl halides is 3. The van der Waals surface area contributed by atoms with Gasteiger partial charge in [-0.2, -0.15) is 0 Å². The van der Waals surface area contributed by atoms with Crippen LogP contribution >= 0.6 is 0 Å². The van der Waals surface area contributed by atoms with Gasteiger partial charge in [-0.3, -0.25) is 0 Å². The molecule has 1 aliphatic carbocycles. The van der Waals surface area contributed by atoms with Crippen molar-refractivity contribution < 1.29 is 31.4 Å². The fourth-order valence-corrected chi connectivity index (χ4v) is 4.91. The maximum Gasteiger partial charge on any atom is 0.573 e. The molecule has 1 saturated carbocycles. The second-order valence-electron chi connectivity index (χ2n) is 9.34. The van der Waals surface area contributed by atoms with Gasteiger partial charge >= 0.3 is 6.36 Å². The molecule has 7 heteroatoms. The van der Waals surface area contributed by atoms with Crippen molar-refractivity contribution in [1.82, 2.24) is 0 Å². The van der Waals surface area contributed by atoms with Gasteiger partial charge < -0.3 is 9.47 Å². The molecular formula is C29H29F5O2. The van der Waals surface area contributed by atoms with Crippen LogP contribution in [-0.2, 0) is 6.42 Å². The average molecular weight is 505 g/mol. The van der Waals surface area contributed by atoms with E-state index in [1.807, 2.05) is 0 Å². The van der Waals surface area contributed by atoms with Gasteiger partial charge in [0.1, 0.15) is 17.3 Å². The summed E-state index contributed by atoms with van der Waals surface area (Å²) in [5, 5.41) is 0. The van der Waals surface area contributed by atoms with Crippen molar-refractivity contribution in [2.24, 2.45) is 11.8 Å². The van der Waals surface area contributed by atoms with Crippen LogP contribution in [0.2, 0.25) is 0 Å². The minimum Gasteiger partial charge on any atom is -0.454 e. The molecule has 4 rings (SSSR count). The number of halogens is 5. The Bertz CT molecular complexity index is 1150. The van der Waals surface area contributed by atoms with Gasteiger partial charge in [0.2, 0.25) is 0 Å². The molecule has 0 atom stereocenters. The number of hydrogen-bond acceptors (Lipinski definition) is 2. The summed E-state index contributed by atoms with van der Waals surface area (Å²) in [5.74, 6) is -0.207. The molecule has 0 bridgehead atoms. The molecule has 0 aromatic heterocycles. The highest BCUT2D eigenvalue weighted by atomic mass is 19.4. The van der Waals surface area contributed by atoms with Crippen molar-refractivity contribution in [3.05, 3.63) is 77.9 Å². The van der Waals surface area contributed by atoms with Gasteiger partial charge in [0.05, 0.1) is 0 Å². The highest BCUT2D eigenvalue weighted by molar-refractivity contribution is 5.71. The van der Waals surface area contributed by atoms with Crippen molar-refractivity contribution in [2.45, 2.75) is 58.2 Å². The second-order valence-corrected chi connectivity index (χ2v) is 9.34. The van der Waals surface area contributed by atoms with Gasteiger partial charge in [0.15, 0.2) is 11.6 Å². The van der Waals surface area contributed by atoms with Crippen LogP contribution in [0.3, 0.4) is 0 Å². The summed E-state index contributed by atoms with van der Waals surface area (Å²) in [6.45, 7) is 2.21. The second kappa shape index (κ2) is 11.3. The fraction of sp³-hybridized carbons (Fsp3) is 0.379. The minimum absolute atomic E-state index is 0.0243. The van der Waals surface area contributed by atoms with Gasteiger partial charge in [0, 0.05) is 11.1 Å². The predicted molar refractivity (Wildman–Crippen MR) is 129 cm³/mol. The third kappa shape index (κ3) is 6.56. The molecule has 0 aliphatic heterocycles. The van der Waals surface area contributed by atoms with Crippen molar-refractivity contribution >= 4 is 0 Å². The van der Waals surface area contributed by atoms with Crippen LogP contribution in [0, 0.1) is 23.5 Å². The molecule has 0 amide bonds. The zero-order valence-electron chi connectivity index (χ0n) is 20.1. The lowest BCUT2D eigenvalue weighted by atomic mass is 9.78. The predicted octanol–water partition coefficient (Wildman–Crippen LogP) is 9.47. The SMILES string of the molecule is CCC1CCC(CCc2c(F)ccc(Oc3ccccc3-c3ccc(OC(F)(F)F)cc3)c2F)CC1. The Morgan fingerprint density at radius 1 is 0.806 bits per heavy atom. The Morgan fingerprint density at radius 2 is 1.47 bits per heavy atom. The minimum atomic E-state index is -4.78. The summed E-state index contributed by atoms with van der Waals surface area (Å²) in [7, 11) is 0. The van der Waals surface area contributed by atoms with Crippen molar-refractivity contribution in [3.8, 4) is 28.4 Å². The van der Waals surface area contributed by atoms with E-state index in [9.17, 15) is 17.6 Å². The van der Waals surface area contributed by atoms with Crippen LogP contribution in [0.1, 0.15) is 51.0 Å². The molecule has 0 unspecified atom stereocenters. The molecule has 1 aliphatic rings. The van der Waals surface area contributed by atoms with E-state index in [0.29, 0.717) is 29.2 Å². The number of rotatable bonds is 8. The quantitative estimate of drug-likeness (QED) is 0.285. The summed E-state index contributed by atoms with van der Waals surface area (Å²) in [4.78, 5) is 0. The van der Waals surface area contributed by atoms with Crippen LogP contribution in [0.15, 0.2) is 60.7 Å². The standard InChI is InChI=1S/C29H29F5O2/c1-2-19-7-9-20(10-8-19)11-16-24-25(30)17-18-27(28(24)31)35-26-6-4-3-5-23(26)21-12-14-22(15-13-21)36-29(32,33)34/h3-6,12-15,17-20H,2,7-11,16H2,1H3. The van der Waals surface area contributed by atoms with Crippen LogP contribution in [0.5, 0.6) is 17.2 Å². The van der Waals surface area contributed by atoms with E-state index in [-0.39, 0.29) is 17.1 Å². The Kier molecular flexibility index (Phi) is 8.17. The van der Waals surface area contributed by atoms with Gasteiger partial charge in [0.25, 0.3) is 0 Å².